The zero-order valence-electron chi connectivity index (χ0n) is 15.9. The van der Waals surface area contributed by atoms with Gasteiger partial charge in [0.2, 0.25) is 0 Å². The molecule has 0 radical (unpaired) electrons. The third kappa shape index (κ3) is 3.22. The number of fused-ring (bicyclic) bond motifs is 2. The molecule has 1 fully saturated rings. The number of ether oxygens (including phenoxy) is 1. The van der Waals surface area contributed by atoms with Gasteiger partial charge >= 0.3 is 0 Å². The highest BCUT2D eigenvalue weighted by atomic mass is 32.2. The summed E-state index contributed by atoms with van der Waals surface area (Å²) in [6.07, 6.45) is 2.04. The molecule has 0 saturated carbocycles. The third-order valence-electron chi connectivity index (χ3n) is 5.78. The molecular formula is C21H23N3O3S. The van der Waals surface area contributed by atoms with Gasteiger partial charge in [-0.05, 0) is 41.9 Å². The van der Waals surface area contributed by atoms with Crippen LogP contribution in [0.1, 0.15) is 45.6 Å². The lowest BCUT2D eigenvalue weighted by atomic mass is 10.1. The smallest absolute Gasteiger partial charge is 0.253 e. The molecule has 1 saturated heterocycles. The van der Waals surface area contributed by atoms with E-state index in [1.165, 1.54) is 5.56 Å². The van der Waals surface area contributed by atoms with E-state index >= 15 is 0 Å². The summed E-state index contributed by atoms with van der Waals surface area (Å²) >= 11 is -0.760. The first kappa shape index (κ1) is 17.8. The molecule has 3 aliphatic rings. The van der Waals surface area contributed by atoms with Crippen LogP contribution < -0.4 is 15.0 Å². The van der Waals surface area contributed by atoms with Gasteiger partial charge in [-0.2, -0.15) is 0 Å². The van der Waals surface area contributed by atoms with E-state index in [1.807, 2.05) is 19.1 Å². The standard InChI is InChI=1S/C21H23N3O3S/c1-13-8-18-19(10-22-21(18)25)23-20(13)24-6-4-16(5-7-24)27-17-3-2-14-11-28(26)12-15(14)9-17/h2-3,8-9,16H,4-7,10-12H2,1H3,(H,22,25)/t28-/m0/s1. The van der Waals surface area contributed by atoms with E-state index in [2.05, 4.69) is 22.3 Å². The number of aryl methyl sites for hydroxylation is 1. The van der Waals surface area contributed by atoms with Gasteiger partial charge in [-0.1, -0.05) is 6.07 Å². The van der Waals surface area contributed by atoms with Crippen molar-refractivity contribution < 1.29 is 14.1 Å². The van der Waals surface area contributed by atoms with Gasteiger partial charge in [-0.15, -0.1) is 0 Å². The van der Waals surface area contributed by atoms with Crippen LogP contribution in [-0.2, 0) is 29.2 Å². The number of nitrogens with zero attached hydrogens (tertiary/aromatic N) is 2. The Morgan fingerprint density at radius 3 is 2.82 bits per heavy atom. The lowest BCUT2D eigenvalue weighted by Gasteiger charge is -2.34. The number of amides is 1. The molecule has 2 aromatic rings. The van der Waals surface area contributed by atoms with E-state index in [0.29, 0.717) is 23.6 Å². The van der Waals surface area contributed by atoms with Crippen LogP contribution in [0.2, 0.25) is 0 Å². The molecule has 1 atom stereocenters. The highest BCUT2D eigenvalue weighted by molar-refractivity contribution is 7.90. The highest BCUT2D eigenvalue weighted by Crippen LogP contribution is 2.31. The van der Waals surface area contributed by atoms with Gasteiger partial charge in [-0.3, -0.25) is 4.79 Å². The minimum atomic E-state index is -0.760. The van der Waals surface area contributed by atoms with E-state index < -0.39 is 11.2 Å². The van der Waals surface area contributed by atoms with Gasteiger partial charge in [0.15, 0.2) is 0 Å². The maximum absolute atomic E-state index is 11.8. The van der Waals surface area contributed by atoms with Gasteiger partial charge in [0, 0.05) is 37.1 Å². The minimum absolute atomic E-state index is 0.0255. The number of anilines is 1. The molecule has 1 aromatic heterocycles. The first-order chi connectivity index (χ1) is 13.6. The van der Waals surface area contributed by atoms with Crippen molar-refractivity contribution in [3.05, 3.63) is 52.2 Å². The maximum Gasteiger partial charge on any atom is 0.253 e. The SMILES string of the molecule is Cc1cc2c(nc1N1CCC(Oc3ccc4c(c3)C[S@@+]([O-])C4)CC1)CNC2=O. The van der Waals surface area contributed by atoms with Crippen molar-refractivity contribution >= 4 is 22.9 Å². The quantitative estimate of drug-likeness (QED) is 0.805. The molecule has 1 N–H and O–H groups in total. The van der Waals surface area contributed by atoms with Crippen molar-refractivity contribution in [2.24, 2.45) is 0 Å². The second-order valence-corrected chi connectivity index (χ2v) is 9.23. The molecule has 1 amide bonds. The van der Waals surface area contributed by atoms with Crippen LogP contribution in [0, 0.1) is 6.92 Å². The van der Waals surface area contributed by atoms with Crippen molar-refractivity contribution in [2.45, 2.75) is 43.9 Å². The van der Waals surface area contributed by atoms with E-state index in [1.54, 1.807) is 0 Å². The topological polar surface area (TPSA) is 77.5 Å². The summed E-state index contributed by atoms with van der Waals surface area (Å²) < 4.78 is 17.9. The molecule has 0 unspecified atom stereocenters. The van der Waals surface area contributed by atoms with Crippen molar-refractivity contribution in [2.75, 3.05) is 18.0 Å². The molecular weight excluding hydrogens is 374 g/mol. The largest absolute Gasteiger partial charge is 0.616 e. The Balaban J connectivity index is 1.24. The molecule has 7 heteroatoms. The monoisotopic (exact) mass is 397 g/mol. The molecule has 146 valence electrons. The fourth-order valence-corrected chi connectivity index (χ4v) is 5.62. The molecule has 0 bridgehead atoms. The number of benzene rings is 1. The second kappa shape index (κ2) is 6.97. The van der Waals surface area contributed by atoms with Gasteiger partial charge in [0.05, 0.1) is 17.8 Å². The summed E-state index contributed by atoms with van der Waals surface area (Å²) in [6, 6.07) is 8.07. The first-order valence-corrected chi connectivity index (χ1v) is 11.2. The lowest BCUT2D eigenvalue weighted by Crippen LogP contribution is -2.39. The summed E-state index contributed by atoms with van der Waals surface area (Å²) in [5.41, 5.74) is 4.94. The number of carbonyl (C=O) groups is 1. The number of carbonyl (C=O) groups excluding carboxylic acids is 1. The van der Waals surface area contributed by atoms with Crippen LogP contribution >= 0.6 is 0 Å². The molecule has 28 heavy (non-hydrogen) atoms. The van der Waals surface area contributed by atoms with Crippen LogP contribution in [-0.4, -0.2) is 34.6 Å². The Kier molecular flexibility index (Phi) is 4.44. The van der Waals surface area contributed by atoms with Crippen LogP contribution in [0.3, 0.4) is 0 Å². The van der Waals surface area contributed by atoms with Gasteiger partial charge in [0.25, 0.3) is 5.91 Å². The normalized spacial score (nSPS) is 21.4. The average molecular weight is 398 g/mol. The first-order valence-electron chi connectivity index (χ1n) is 9.74. The molecule has 0 spiro atoms. The summed E-state index contributed by atoms with van der Waals surface area (Å²) in [6.45, 7) is 4.30. The molecule has 0 aliphatic carbocycles. The molecule has 5 rings (SSSR count). The summed E-state index contributed by atoms with van der Waals surface area (Å²) in [5.74, 6) is 3.15. The van der Waals surface area contributed by atoms with Crippen LogP contribution in [0.15, 0.2) is 24.3 Å². The third-order valence-corrected chi connectivity index (χ3v) is 7.05. The number of piperidine rings is 1. The van der Waals surface area contributed by atoms with Crippen molar-refractivity contribution in [3.63, 3.8) is 0 Å². The highest BCUT2D eigenvalue weighted by Gasteiger charge is 2.27. The van der Waals surface area contributed by atoms with Crippen molar-refractivity contribution in [3.8, 4) is 5.75 Å². The van der Waals surface area contributed by atoms with Gasteiger partial charge in [0.1, 0.15) is 29.2 Å². The predicted octanol–water partition coefficient (Wildman–Crippen LogP) is 2.44. The Labute approximate surface area is 167 Å². The summed E-state index contributed by atoms with van der Waals surface area (Å²) in [5, 5.41) is 2.84. The average Bonchev–Trinajstić information content (AvgIpc) is 3.23. The van der Waals surface area contributed by atoms with Crippen molar-refractivity contribution in [1.82, 2.24) is 10.3 Å². The number of hydrogen-bond donors (Lipinski definition) is 1. The molecule has 3 aliphatic heterocycles. The summed E-state index contributed by atoms with van der Waals surface area (Å²) in [7, 11) is 0. The van der Waals surface area contributed by atoms with Crippen LogP contribution in [0.5, 0.6) is 5.75 Å². The Bertz CT molecular complexity index is 941. The molecule has 1 aromatic carbocycles. The number of pyridine rings is 1. The van der Waals surface area contributed by atoms with E-state index in [4.69, 9.17) is 9.72 Å². The number of rotatable bonds is 3. The minimum Gasteiger partial charge on any atom is -0.616 e. The van der Waals surface area contributed by atoms with E-state index in [0.717, 1.165) is 54.3 Å². The zero-order chi connectivity index (χ0) is 19.3. The second-order valence-electron chi connectivity index (χ2n) is 7.77. The van der Waals surface area contributed by atoms with E-state index in [-0.39, 0.29) is 12.0 Å². The molecule has 6 nitrogen and oxygen atoms in total. The Morgan fingerprint density at radius 2 is 2.00 bits per heavy atom. The summed E-state index contributed by atoms with van der Waals surface area (Å²) in [4.78, 5) is 18.9. The van der Waals surface area contributed by atoms with Crippen LogP contribution in [0.4, 0.5) is 5.82 Å². The van der Waals surface area contributed by atoms with Gasteiger partial charge in [-0.25, -0.2) is 4.98 Å². The van der Waals surface area contributed by atoms with Crippen molar-refractivity contribution in [1.29, 1.82) is 0 Å². The van der Waals surface area contributed by atoms with E-state index in [9.17, 15) is 9.35 Å². The molecule has 4 heterocycles. The fraction of sp³-hybridized carbons (Fsp3) is 0.429. The number of nitrogens with one attached hydrogen (secondary N) is 1. The van der Waals surface area contributed by atoms with Crippen LogP contribution in [0.25, 0.3) is 0 Å². The maximum atomic E-state index is 11.8. The number of hydrogen-bond acceptors (Lipinski definition) is 5. The Morgan fingerprint density at radius 1 is 1.21 bits per heavy atom. The Hall–Kier alpha value is -2.25. The zero-order valence-corrected chi connectivity index (χ0v) is 16.7. The lowest BCUT2D eigenvalue weighted by molar-refractivity contribution is 0.0965. The van der Waals surface area contributed by atoms with Gasteiger partial charge < -0.3 is 19.5 Å². The number of aromatic nitrogens is 1. The fourth-order valence-electron chi connectivity index (χ4n) is 4.28. The predicted molar refractivity (Wildman–Crippen MR) is 108 cm³/mol.